The highest BCUT2D eigenvalue weighted by Crippen LogP contribution is 2.15. The monoisotopic (exact) mass is 399 g/mol. The van der Waals surface area contributed by atoms with Gasteiger partial charge < -0.3 is 19.9 Å². The van der Waals surface area contributed by atoms with Gasteiger partial charge in [-0.05, 0) is 43.0 Å². The number of allylic oxidation sites excluding steroid dienone is 1. The molecule has 156 valence electrons. The Morgan fingerprint density at radius 3 is 2.28 bits per heavy atom. The summed E-state index contributed by atoms with van der Waals surface area (Å²) in [5, 5.41) is 0. The Balaban J connectivity index is 0.000000749. The minimum atomic E-state index is -0.745. The molecule has 0 saturated heterocycles. The zero-order valence-corrected chi connectivity index (χ0v) is 17.0. The Hall–Kier alpha value is -3.28. The first-order valence-corrected chi connectivity index (χ1v) is 9.47. The molecule has 0 atom stereocenters. The fraction of sp³-hybridized carbons (Fsp3) is 0.304. The highest BCUT2D eigenvalue weighted by atomic mass is 16.5. The number of unbranched alkanes of at least 4 members (excludes halogenated alkanes) is 1. The van der Waals surface area contributed by atoms with E-state index >= 15 is 0 Å². The summed E-state index contributed by atoms with van der Waals surface area (Å²) in [7, 11) is 1.22. The van der Waals surface area contributed by atoms with Gasteiger partial charge in [0.25, 0.3) is 0 Å². The number of nitrogens with two attached hydrogens (primary N) is 1. The molecule has 0 unspecified atom stereocenters. The van der Waals surface area contributed by atoms with Crippen LogP contribution in [0.15, 0.2) is 60.7 Å². The summed E-state index contributed by atoms with van der Waals surface area (Å²) >= 11 is 0. The normalized spacial score (nSPS) is 10.0. The molecule has 29 heavy (non-hydrogen) atoms. The number of primary amides is 1. The van der Waals surface area contributed by atoms with Gasteiger partial charge in [-0.25, -0.2) is 4.79 Å². The Kier molecular flexibility index (Phi) is 12.1. The van der Waals surface area contributed by atoms with Crippen molar-refractivity contribution in [3.8, 4) is 5.75 Å². The van der Waals surface area contributed by atoms with E-state index < -0.39 is 6.09 Å². The summed E-state index contributed by atoms with van der Waals surface area (Å²) in [6.45, 7) is 2.85. The number of methoxy groups -OCH3 is 1. The Morgan fingerprint density at radius 2 is 1.69 bits per heavy atom. The molecule has 2 rings (SSSR count). The Labute approximate surface area is 172 Å². The first-order chi connectivity index (χ1) is 14.0. The largest absolute Gasteiger partial charge is 0.489 e. The van der Waals surface area contributed by atoms with Crippen molar-refractivity contribution in [1.29, 1.82) is 0 Å². The molecule has 0 aliphatic rings. The van der Waals surface area contributed by atoms with Crippen molar-refractivity contribution in [1.82, 2.24) is 0 Å². The van der Waals surface area contributed by atoms with Gasteiger partial charge in [0.05, 0.1) is 13.7 Å². The van der Waals surface area contributed by atoms with E-state index in [2.05, 4.69) is 22.6 Å². The third kappa shape index (κ3) is 11.9. The van der Waals surface area contributed by atoms with Gasteiger partial charge in [-0.3, -0.25) is 4.79 Å². The number of benzene rings is 2. The molecule has 0 aliphatic heterocycles. The Morgan fingerprint density at radius 1 is 1.03 bits per heavy atom. The fourth-order valence-electron chi connectivity index (χ4n) is 2.23. The molecular formula is C23H29NO5. The standard InChI is InChI=1S/C21H24O3.C2H5NO2/c1-2-23-21(22)12-8-4-5-9-18-13-15-20(16-14-18)24-17-19-10-6-3-7-11-19;1-5-2(3)4/h3,5-7,9-11,13-16H,2,4,8,12,17H2,1H3;1H3,(H2,3,4)/b9-5+;. The van der Waals surface area contributed by atoms with Gasteiger partial charge in [0.2, 0.25) is 0 Å². The number of ether oxygens (including phenoxy) is 3. The number of carbonyl (C=O) groups excluding carboxylic acids is 2. The van der Waals surface area contributed by atoms with E-state index in [4.69, 9.17) is 9.47 Å². The maximum absolute atomic E-state index is 11.2. The second-order valence-corrected chi connectivity index (χ2v) is 5.97. The lowest BCUT2D eigenvalue weighted by Gasteiger charge is -2.06. The van der Waals surface area contributed by atoms with Crippen LogP contribution in [-0.4, -0.2) is 25.8 Å². The number of carbonyl (C=O) groups is 2. The second-order valence-electron chi connectivity index (χ2n) is 5.97. The molecule has 0 aliphatic carbocycles. The number of hydrogen-bond donors (Lipinski definition) is 1. The van der Waals surface area contributed by atoms with Crippen molar-refractivity contribution in [2.24, 2.45) is 5.73 Å². The maximum atomic E-state index is 11.2. The minimum Gasteiger partial charge on any atom is -0.489 e. The first-order valence-electron chi connectivity index (χ1n) is 9.47. The van der Waals surface area contributed by atoms with Crippen molar-refractivity contribution < 1.29 is 23.8 Å². The molecule has 6 heteroatoms. The van der Waals surface area contributed by atoms with E-state index in [1.165, 1.54) is 7.11 Å². The molecule has 2 N–H and O–H groups in total. The summed E-state index contributed by atoms with van der Waals surface area (Å²) in [6, 6.07) is 18.1. The van der Waals surface area contributed by atoms with Crippen molar-refractivity contribution in [3.05, 3.63) is 71.8 Å². The fourth-order valence-corrected chi connectivity index (χ4v) is 2.23. The van der Waals surface area contributed by atoms with E-state index in [9.17, 15) is 9.59 Å². The molecule has 0 saturated carbocycles. The van der Waals surface area contributed by atoms with Crippen molar-refractivity contribution in [2.45, 2.75) is 32.8 Å². The summed E-state index contributed by atoms with van der Waals surface area (Å²) in [5.74, 6) is 0.740. The van der Waals surface area contributed by atoms with Crippen LogP contribution in [0.25, 0.3) is 6.08 Å². The predicted molar refractivity (Wildman–Crippen MR) is 113 cm³/mol. The zero-order valence-electron chi connectivity index (χ0n) is 17.0. The van der Waals surface area contributed by atoms with E-state index in [1.54, 1.807) is 0 Å². The van der Waals surface area contributed by atoms with Gasteiger partial charge in [0, 0.05) is 6.42 Å². The van der Waals surface area contributed by atoms with Crippen LogP contribution in [0, 0.1) is 0 Å². The zero-order chi connectivity index (χ0) is 21.3. The average Bonchev–Trinajstić information content (AvgIpc) is 2.74. The highest BCUT2D eigenvalue weighted by molar-refractivity contribution is 5.69. The highest BCUT2D eigenvalue weighted by Gasteiger charge is 1.99. The molecule has 0 heterocycles. The maximum Gasteiger partial charge on any atom is 0.404 e. The van der Waals surface area contributed by atoms with Crippen molar-refractivity contribution >= 4 is 18.1 Å². The summed E-state index contributed by atoms with van der Waals surface area (Å²) in [5.41, 5.74) is 6.71. The number of rotatable bonds is 9. The molecule has 6 nitrogen and oxygen atoms in total. The summed E-state index contributed by atoms with van der Waals surface area (Å²) in [4.78, 5) is 20.6. The van der Waals surface area contributed by atoms with Gasteiger partial charge in [0.15, 0.2) is 0 Å². The third-order valence-electron chi connectivity index (χ3n) is 3.70. The molecule has 0 fully saturated rings. The van der Waals surface area contributed by atoms with Crippen LogP contribution < -0.4 is 10.5 Å². The summed E-state index contributed by atoms with van der Waals surface area (Å²) in [6.07, 6.45) is 5.55. The molecule has 2 aromatic rings. The van der Waals surface area contributed by atoms with Crippen LogP contribution in [-0.2, 0) is 20.9 Å². The molecule has 2 aromatic carbocycles. The molecule has 0 bridgehead atoms. The smallest absolute Gasteiger partial charge is 0.404 e. The van der Waals surface area contributed by atoms with Crippen LogP contribution in [0.5, 0.6) is 5.75 Å². The van der Waals surface area contributed by atoms with E-state index in [-0.39, 0.29) is 5.97 Å². The lowest BCUT2D eigenvalue weighted by Crippen LogP contribution is -2.08. The van der Waals surface area contributed by atoms with Gasteiger partial charge in [-0.2, -0.15) is 0 Å². The molecule has 0 spiro atoms. The van der Waals surface area contributed by atoms with Gasteiger partial charge in [-0.1, -0.05) is 54.6 Å². The number of amides is 1. The van der Waals surface area contributed by atoms with Crippen LogP contribution in [0.2, 0.25) is 0 Å². The average molecular weight is 399 g/mol. The van der Waals surface area contributed by atoms with Gasteiger partial charge in [0.1, 0.15) is 12.4 Å². The first kappa shape index (κ1) is 23.8. The van der Waals surface area contributed by atoms with E-state index in [1.807, 2.05) is 61.5 Å². The van der Waals surface area contributed by atoms with Crippen LogP contribution in [0.1, 0.15) is 37.3 Å². The summed E-state index contributed by atoms with van der Waals surface area (Å²) < 4.78 is 14.6. The lowest BCUT2D eigenvalue weighted by atomic mass is 10.1. The van der Waals surface area contributed by atoms with Gasteiger partial charge >= 0.3 is 12.1 Å². The Bertz CT molecular complexity index is 742. The number of esters is 1. The lowest BCUT2D eigenvalue weighted by molar-refractivity contribution is -0.143. The van der Waals surface area contributed by atoms with Crippen molar-refractivity contribution in [3.63, 3.8) is 0 Å². The van der Waals surface area contributed by atoms with Gasteiger partial charge in [-0.15, -0.1) is 0 Å². The topological polar surface area (TPSA) is 87.8 Å². The van der Waals surface area contributed by atoms with Crippen LogP contribution in [0.4, 0.5) is 4.79 Å². The van der Waals surface area contributed by atoms with E-state index in [0.29, 0.717) is 19.6 Å². The number of hydrogen-bond acceptors (Lipinski definition) is 5. The molecule has 0 aromatic heterocycles. The predicted octanol–water partition coefficient (Wildman–Crippen LogP) is 4.72. The second kappa shape index (κ2) is 14.7. The SMILES string of the molecule is CCOC(=O)CCC/C=C/c1ccc(OCc2ccccc2)cc1.COC(N)=O. The van der Waals surface area contributed by atoms with E-state index in [0.717, 1.165) is 29.7 Å². The molecule has 0 radical (unpaired) electrons. The molecule has 1 amide bonds. The third-order valence-corrected chi connectivity index (χ3v) is 3.70. The van der Waals surface area contributed by atoms with Crippen LogP contribution >= 0.6 is 0 Å². The van der Waals surface area contributed by atoms with Crippen molar-refractivity contribution in [2.75, 3.05) is 13.7 Å². The van der Waals surface area contributed by atoms with Crippen LogP contribution in [0.3, 0.4) is 0 Å². The minimum absolute atomic E-state index is 0.120. The quantitative estimate of drug-likeness (QED) is 0.487. The molecular weight excluding hydrogens is 370 g/mol.